The van der Waals surface area contributed by atoms with Gasteiger partial charge in [-0.15, -0.1) is 0 Å². The van der Waals surface area contributed by atoms with Crippen molar-refractivity contribution in [2.75, 3.05) is 26.1 Å². The Bertz CT molecular complexity index is 813. The highest BCUT2D eigenvalue weighted by Gasteiger charge is 2.33. The molecule has 0 saturated carbocycles. The molecule has 0 unspecified atom stereocenters. The minimum absolute atomic E-state index is 0.0109. The number of benzene rings is 2. The second kappa shape index (κ2) is 8.85. The highest BCUT2D eigenvalue weighted by Crippen LogP contribution is 2.36. The molecular formula is C18H18ClF3N2O3. The number of ether oxygens (including phenoxy) is 2. The molecule has 2 aromatic rings. The van der Waals surface area contributed by atoms with Gasteiger partial charge < -0.3 is 20.1 Å². The van der Waals surface area contributed by atoms with Crippen LogP contribution in [-0.2, 0) is 12.6 Å². The quantitative estimate of drug-likeness (QED) is 0.733. The molecule has 0 heterocycles. The molecule has 2 amide bonds. The fourth-order valence-corrected chi connectivity index (χ4v) is 2.68. The number of amides is 2. The Morgan fingerprint density at radius 3 is 2.52 bits per heavy atom. The van der Waals surface area contributed by atoms with Crippen molar-refractivity contribution in [1.29, 1.82) is 0 Å². The Kier molecular flexibility index (Phi) is 6.79. The molecule has 9 heteroatoms. The molecule has 0 radical (unpaired) electrons. The van der Waals surface area contributed by atoms with Crippen LogP contribution in [0.3, 0.4) is 0 Å². The maximum Gasteiger partial charge on any atom is 0.417 e. The van der Waals surface area contributed by atoms with E-state index in [1.165, 1.54) is 20.3 Å². The van der Waals surface area contributed by atoms with Gasteiger partial charge in [0.05, 0.1) is 24.8 Å². The summed E-state index contributed by atoms with van der Waals surface area (Å²) in [7, 11) is 3.04. The average molecular weight is 403 g/mol. The number of halogens is 4. The topological polar surface area (TPSA) is 59.6 Å². The molecule has 2 rings (SSSR count). The third-order valence-corrected chi connectivity index (χ3v) is 4.02. The molecule has 146 valence electrons. The normalized spacial score (nSPS) is 11.0. The molecule has 0 bridgehead atoms. The van der Waals surface area contributed by atoms with E-state index in [4.69, 9.17) is 21.1 Å². The molecule has 2 aromatic carbocycles. The third kappa shape index (κ3) is 5.43. The number of rotatable bonds is 6. The van der Waals surface area contributed by atoms with Gasteiger partial charge in [-0.05, 0) is 36.2 Å². The molecule has 27 heavy (non-hydrogen) atoms. The first-order valence-electron chi connectivity index (χ1n) is 7.87. The molecule has 0 fully saturated rings. The number of carbonyl (C=O) groups is 1. The summed E-state index contributed by atoms with van der Waals surface area (Å²) in [6, 6.07) is 7.91. The molecule has 0 aliphatic heterocycles. The Hall–Kier alpha value is -2.61. The van der Waals surface area contributed by atoms with Gasteiger partial charge in [-0.2, -0.15) is 13.2 Å². The molecule has 0 aliphatic carbocycles. The number of nitrogens with one attached hydrogen (secondary N) is 2. The van der Waals surface area contributed by atoms with Crippen LogP contribution in [0.5, 0.6) is 11.5 Å². The minimum atomic E-state index is -4.60. The third-order valence-electron chi connectivity index (χ3n) is 3.69. The molecule has 0 spiro atoms. The van der Waals surface area contributed by atoms with E-state index >= 15 is 0 Å². The van der Waals surface area contributed by atoms with Crippen LogP contribution < -0.4 is 20.1 Å². The number of methoxy groups -OCH3 is 2. The van der Waals surface area contributed by atoms with E-state index in [0.717, 1.165) is 17.7 Å². The van der Waals surface area contributed by atoms with Crippen LogP contribution in [0.2, 0.25) is 5.02 Å². The number of carbonyl (C=O) groups excluding carboxylic acids is 1. The van der Waals surface area contributed by atoms with Crippen LogP contribution >= 0.6 is 11.6 Å². The number of alkyl halides is 3. The molecule has 2 N–H and O–H groups in total. The summed E-state index contributed by atoms with van der Waals surface area (Å²) in [4.78, 5) is 11.9. The number of hydrogen-bond acceptors (Lipinski definition) is 3. The predicted octanol–water partition coefficient (Wildman–Crippen LogP) is 4.74. The molecule has 0 aliphatic rings. The SMILES string of the molecule is COc1cccc(CCNC(=O)Nc2ccc(Cl)c(C(F)(F)F)c2)c1OC. The summed E-state index contributed by atoms with van der Waals surface area (Å²) < 4.78 is 49.1. The van der Waals surface area contributed by atoms with Crippen LogP contribution in [0.15, 0.2) is 36.4 Å². The monoisotopic (exact) mass is 402 g/mol. The Labute approximate surface area is 159 Å². The zero-order chi connectivity index (χ0) is 20.0. The zero-order valence-corrected chi connectivity index (χ0v) is 15.4. The van der Waals surface area contributed by atoms with Crippen molar-refractivity contribution in [1.82, 2.24) is 5.32 Å². The van der Waals surface area contributed by atoms with Crippen molar-refractivity contribution in [3.05, 3.63) is 52.5 Å². The first-order valence-corrected chi connectivity index (χ1v) is 8.25. The van der Waals surface area contributed by atoms with Crippen molar-refractivity contribution in [2.24, 2.45) is 0 Å². The molecule has 0 aromatic heterocycles. The van der Waals surface area contributed by atoms with Gasteiger partial charge in [-0.25, -0.2) is 4.79 Å². The molecule has 0 atom stereocenters. The summed E-state index contributed by atoms with van der Waals surface area (Å²) in [6.45, 7) is 0.245. The fourth-order valence-electron chi connectivity index (χ4n) is 2.46. The van der Waals surface area contributed by atoms with Crippen molar-refractivity contribution in [3.8, 4) is 11.5 Å². The highest BCUT2D eigenvalue weighted by atomic mass is 35.5. The largest absolute Gasteiger partial charge is 0.493 e. The fraction of sp³-hybridized carbons (Fsp3) is 0.278. The maximum absolute atomic E-state index is 12.9. The first-order chi connectivity index (χ1) is 12.8. The van der Waals surface area contributed by atoms with Crippen molar-refractivity contribution in [2.45, 2.75) is 12.6 Å². The zero-order valence-electron chi connectivity index (χ0n) is 14.6. The van der Waals surface area contributed by atoms with Crippen LogP contribution in [0.4, 0.5) is 23.7 Å². The second-order valence-corrected chi connectivity index (χ2v) is 5.88. The average Bonchev–Trinajstić information content (AvgIpc) is 2.62. The van der Waals surface area contributed by atoms with Gasteiger partial charge in [-0.3, -0.25) is 0 Å². The smallest absolute Gasteiger partial charge is 0.417 e. The lowest BCUT2D eigenvalue weighted by Gasteiger charge is -2.14. The molecule has 0 saturated heterocycles. The van der Waals surface area contributed by atoms with Gasteiger partial charge in [0.1, 0.15) is 0 Å². The van der Waals surface area contributed by atoms with Crippen LogP contribution in [0.1, 0.15) is 11.1 Å². The Balaban J connectivity index is 1.96. The first kappa shape index (κ1) is 20.7. The van der Waals surface area contributed by atoms with E-state index < -0.39 is 22.8 Å². The van der Waals surface area contributed by atoms with E-state index in [9.17, 15) is 18.0 Å². The van der Waals surface area contributed by atoms with E-state index in [-0.39, 0.29) is 12.2 Å². The van der Waals surface area contributed by atoms with Crippen LogP contribution in [0, 0.1) is 0 Å². The van der Waals surface area contributed by atoms with E-state index in [1.54, 1.807) is 12.1 Å². The van der Waals surface area contributed by atoms with Crippen molar-refractivity contribution >= 4 is 23.3 Å². The van der Waals surface area contributed by atoms with Gasteiger partial charge >= 0.3 is 12.2 Å². The number of para-hydroxylation sites is 1. The summed E-state index contributed by atoms with van der Waals surface area (Å²) in [5.74, 6) is 1.13. The number of urea groups is 1. The lowest BCUT2D eigenvalue weighted by atomic mass is 10.1. The Morgan fingerprint density at radius 2 is 1.89 bits per heavy atom. The predicted molar refractivity (Wildman–Crippen MR) is 96.7 cm³/mol. The van der Waals surface area contributed by atoms with E-state index in [0.29, 0.717) is 17.9 Å². The molecule has 5 nitrogen and oxygen atoms in total. The lowest BCUT2D eigenvalue weighted by Crippen LogP contribution is -2.30. The van der Waals surface area contributed by atoms with E-state index in [2.05, 4.69) is 10.6 Å². The van der Waals surface area contributed by atoms with Gasteiger partial charge in [-0.1, -0.05) is 23.7 Å². The summed E-state index contributed by atoms with van der Waals surface area (Å²) in [6.07, 6.45) is -4.16. The van der Waals surface area contributed by atoms with Gasteiger partial charge in [0.25, 0.3) is 0 Å². The van der Waals surface area contributed by atoms with Gasteiger partial charge in [0.15, 0.2) is 11.5 Å². The van der Waals surface area contributed by atoms with E-state index in [1.807, 2.05) is 6.07 Å². The molecular weight excluding hydrogens is 385 g/mol. The minimum Gasteiger partial charge on any atom is -0.493 e. The van der Waals surface area contributed by atoms with Crippen molar-refractivity contribution < 1.29 is 27.4 Å². The summed E-state index contributed by atoms with van der Waals surface area (Å²) in [5.41, 5.74) is -0.200. The van der Waals surface area contributed by atoms with Gasteiger partial charge in [0.2, 0.25) is 0 Å². The Morgan fingerprint density at radius 1 is 1.15 bits per heavy atom. The second-order valence-electron chi connectivity index (χ2n) is 5.48. The maximum atomic E-state index is 12.9. The van der Waals surface area contributed by atoms with Gasteiger partial charge in [0, 0.05) is 12.2 Å². The summed E-state index contributed by atoms with van der Waals surface area (Å²) in [5, 5.41) is 4.50. The lowest BCUT2D eigenvalue weighted by molar-refractivity contribution is -0.137. The summed E-state index contributed by atoms with van der Waals surface area (Å²) >= 11 is 5.55. The van der Waals surface area contributed by atoms with Crippen molar-refractivity contribution in [3.63, 3.8) is 0 Å². The standard InChI is InChI=1S/C18H18ClF3N2O3/c1-26-15-5-3-4-11(16(15)27-2)8-9-23-17(25)24-12-6-7-14(19)13(10-12)18(20,21)22/h3-7,10H,8-9H2,1-2H3,(H2,23,24,25). The number of anilines is 1. The van der Waals surface area contributed by atoms with Crippen LogP contribution in [0.25, 0.3) is 0 Å². The van der Waals surface area contributed by atoms with Crippen LogP contribution in [-0.4, -0.2) is 26.8 Å². The number of hydrogen-bond donors (Lipinski definition) is 2. The highest BCUT2D eigenvalue weighted by molar-refractivity contribution is 6.31.